The monoisotopic (exact) mass is 496 g/mol. The van der Waals surface area contributed by atoms with Gasteiger partial charge in [-0.1, -0.05) is 59.6 Å². The first-order valence-electron chi connectivity index (χ1n) is 9.74. The third-order valence-electron chi connectivity index (χ3n) is 4.74. The van der Waals surface area contributed by atoms with E-state index in [4.69, 9.17) is 11.6 Å². The van der Waals surface area contributed by atoms with Crippen molar-refractivity contribution in [3.63, 3.8) is 0 Å². The molecule has 33 heavy (non-hydrogen) atoms. The fourth-order valence-corrected chi connectivity index (χ4v) is 4.66. The smallest absolute Gasteiger partial charge is 0.325 e. The number of nitrogens with zero attached hydrogens (tertiary/aromatic N) is 1. The largest absolute Gasteiger partial charge is 0.417 e. The molecule has 1 amide bonds. The lowest BCUT2D eigenvalue weighted by atomic mass is 10.2. The van der Waals surface area contributed by atoms with Crippen molar-refractivity contribution in [2.75, 3.05) is 11.9 Å². The minimum atomic E-state index is -4.70. The number of hydrogen-bond acceptors (Lipinski definition) is 3. The maximum absolute atomic E-state index is 13.2. The average Bonchev–Trinajstić information content (AvgIpc) is 2.75. The van der Waals surface area contributed by atoms with Gasteiger partial charge in [0.2, 0.25) is 15.9 Å². The number of nitrogens with one attached hydrogen (secondary N) is 1. The quantitative estimate of drug-likeness (QED) is 0.470. The van der Waals surface area contributed by atoms with Gasteiger partial charge in [-0.15, -0.1) is 0 Å². The third kappa shape index (κ3) is 6.34. The highest BCUT2D eigenvalue weighted by Crippen LogP contribution is 2.36. The number of carbonyl (C=O) groups excluding carboxylic acids is 1. The van der Waals surface area contributed by atoms with Crippen molar-refractivity contribution in [2.45, 2.75) is 24.5 Å². The minimum Gasteiger partial charge on any atom is -0.325 e. The second kappa shape index (κ2) is 9.94. The van der Waals surface area contributed by atoms with Crippen molar-refractivity contribution in [1.29, 1.82) is 0 Å². The SMILES string of the molecule is Cc1ccc(S(=O)(=O)N(CC(=O)Nc2ccc(Cl)c(C(F)(F)F)c2)Cc2ccccc2)cc1. The Bertz CT molecular complexity index is 1230. The van der Waals surface area contributed by atoms with Crippen LogP contribution in [0.4, 0.5) is 18.9 Å². The maximum Gasteiger partial charge on any atom is 0.417 e. The van der Waals surface area contributed by atoms with E-state index in [-0.39, 0.29) is 17.1 Å². The number of anilines is 1. The van der Waals surface area contributed by atoms with E-state index < -0.39 is 39.2 Å². The van der Waals surface area contributed by atoms with Gasteiger partial charge in [0, 0.05) is 12.2 Å². The second-order valence-electron chi connectivity index (χ2n) is 7.31. The third-order valence-corrected chi connectivity index (χ3v) is 6.87. The number of halogens is 4. The summed E-state index contributed by atoms with van der Waals surface area (Å²) in [4.78, 5) is 12.7. The molecule has 10 heteroatoms. The summed E-state index contributed by atoms with van der Waals surface area (Å²) in [5.74, 6) is -0.794. The van der Waals surface area contributed by atoms with Crippen LogP contribution in [-0.2, 0) is 27.5 Å². The van der Waals surface area contributed by atoms with Gasteiger partial charge in [0.15, 0.2) is 0 Å². The molecule has 0 bridgehead atoms. The average molecular weight is 497 g/mol. The first kappa shape index (κ1) is 24.8. The van der Waals surface area contributed by atoms with E-state index in [2.05, 4.69) is 5.32 Å². The maximum atomic E-state index is 13.2. The summed E-state index contributed by atoms with van der Waals surface area (Å²) in [6.07, 6.45) is -4.70. The zero-order valence-corrected chi connectivity index (χ0v) is 19.0. The van der Waals surface area contributed by atoms with Crippen LogP contribution in [0.25, 0.3) is 0 Å². The van der Waals surface area contributed by atoms with Gasteiger partial charge < -0.3 is 5.32 Å². The molecule has 0 unspecified atom stereocenters. The molecule has 3 aromatic carbocycles. The molecule has 5 nitrogen and oxygen atoms in total. The fraction of sp³-hybridized carbons (Fsp3) is 0.174. The lowest BCUT2D eigenvalue weighted by Crippen LogP contribution is -2.37. The van der Waals surface area contributed by atoms with Gasteiger partial charge in [-0.3, -0.25) is 4.79 Å². The molecule has 1 N–H and O–H groups in total. The Hall–Kier alpha value is -2.88. The molecule has 174 valence electrons. The molecule has 0 aliphatic heterocycles. The highest BCUT2D eigenvalue weighted by Gasteiger charge is 2.33. The number of aryl methyl sites for hydroxylation is 1. The first-order chi connectivity index (χ1) is 15.5. The lowest BCUT2D eigenvalue weighted by molar-refractivity contribution is -0.137. The summed E-state index contributed by atoms with van der Waals surface area (Å²) in [5.41, 5.74) is 0.260. The van der Waals surface area contributed by atoms with E-state index in [0.29, 0.717) is 11.6 Å². The van der Waals surface area contributed by atoms with Crippen LogP contribution in [0.1, 0.15) is 16.7 Å². The van der Waals surface area contributed by atoms with Crippen molar-refractivity contribution < 1.29 is 26.4 Å². The van der Waals surface area contributed by atoms with Gasteiger partial charge >= 0.3 is 6.18 Å². The predicted molar refractivity (Wildman–Crippen MR) is 120 cm³/mol. The van der Waals surface area contributed by atoms with Gasteiger partial charge in [0.1, 0.15) is 0 Å². The Morgan fingerprint density at radius 1 is 1.00 bits per heavy atom. The molecule has 0 fully saturated rings. The van der Waals surface area contributed by atoms with E-state index in [1.807, 2.05) is 6.92 Å². The van der Waals surface area contributed by atoms with Crippen molar-refractivity contribution >= 4 is 33.2 Å². The Kier molecular flexibility index (Phi) is 7.46. The van der Waals surface area contributed by atoms with Crippen LogP contribution in [0.2, 0.25) is 5.02 Å². The summed E-state index contributed by atoms with van der Waals surface area (Å²) < 4.78 is 66.8. The van der Waals surface area contributed by atoms with Crippen LogP contribution in [0.3, 0.4) is 0 Å². The van der Waals surface area contributed by atoms with Gasteiger partial charge in [0.05, 0.1) is 22.0 Å². The zero-order valence-electron chi connectivity index (χ0n) is 17.4. The van der Waals surface area contributed by atoms with Crippen molar-refractivity contribution in [3.8, 4) is 0 Å². The van der Waals surface area contributed by atoms with E-state index in [0.717, 1.165) is 15.9 Å². The number of amides is 1. The molecule has 0 saturated carbocycles. The van der Waals surface area contributed by atoms with Gasteiger partial charge in [-0.2, -0.15) is 17.5 Å². The molecule has 0 aliphatic rings. The number of alkyl halides is 3. The zero-order chi connectivity index (χ0) is 24.2. The minimum absolute atomic E-state index is 0.00248. The second-order valence-corrected chi connectivity index (χ2v) is 9.66. The summed E-state index contributed by atoms with van der Waals surface area (Å²) in [6.45, 7) is 1.11. The Morgan fingerprint density at radius 2 is 1.64 bits per heavy atom. The van der Waals surface area contributed by atoms with E-state index in [9.17, 15) is 26.4 Å². The Morgan fingerprint density at radius 3 is 2.24 bits per heavy atom. The number of rotatable bonds is 7. The molecule has 0 aliphatic carbocycles. The summed E-state index contributed by atoms with van der Waals surface area (Å²) in [5, 5.41) is 1.82. The van der Waals surface area contributed by atoms with Gasteiger partial charge in [0.25, 0.3) is 0 Å². The molecule has 0 heterocycles. The van der Waals surface area contributed by atoms with E-state index >= 15 is 0 Å². The first-order valence-corrected chi connectivity index (χ1v) is 11.6. The predicted octanol–water partition coefficient (Wildman–Crippen LogP) is 5.50. The summed E-state index contributed by atoms with van der Waals surface area (Å²) >= 11 is 5.61. The topological polar surface area (TPSA) is 66.5 Å². The van der Waals surface area contributed by atoms with Crippen molar-refractivity contribution in [3.05, 3.63) is 94.5 Å². The molecule has 3 rings (SSSR count). The molecular formula is C23H20ClF3N2O3S. The molecule has 3 aromatic rings. The van der Waals surface area contributed by atoms with Gasteiger partial charge in [-0.05, 0) is 42.8 Å². The standard InChI is InChI=1S/C23H20ClF3N2O3S/c1-16-7-10-19(11-8-16)33(31,32)29(14-17-5-3-2-4-6-17)15-22(30)28-18-9-12-21(24)20(13-18)23(25,26)27/h2-13H,14-15H2,1H3,(H,28,30). The van der Waals surface area contributed by atoms with Crippen molar-refractivity contribution in [2.24, 2.45) is 0 Å². The Balaban J connectivity index is 1.87. The number of hydrogen-bond donors (Lipinski definition) is 1. The van der Waals surface area contributed by atoms with Crippen LogP contribution < -0.4 is 5.32 Å². The number of sulfonamides is 1. The summed E-state index contributed by atoms with van der Waals surface area (Å²) in [7, 11) is -4.07. The van der Waals surface area contributed by atoms with E-state index in [1.54, 1.807) is 42.5 Å². The van der Waals surface area contributed by atoms with Crippen LogP contribution in [0.5, 0.6) is 0 Å². The van der Waals surface area contributed by atoms with Crippen LogP contribution in [-0.4, -0.2) is 25.2 Å². The highest BCUT2D eigenvalue weighted by atomic mass is 35.5. The van der Waals surface area contributed by atoms with Crippen LogP contribution in [0, 0.1) is 6.92 Å². The number of carbonyl (C=O) groups is 1. The molecular weight excluding hydrogens is 477 g/mol. The van der Waals surface area contributed by atoms with E-state index in [1.165, 1.54) is 18.2 Å². The number of benzene rings is 3. The fourth-order valence-electron chi connectivity index (χ4n) is 3.05. The molecule has 0 saturated heterocycles. The Labute approximate surface area is 194 Å². The summed E-state index contributed by atoms with van der Waals surface area (Å²) in [6, 6.07) is 17.8. The van der Waals surface area contributed by atoms with Crippen molar-refractivity contribution in [1.82, 2.24) is 4.31 Å². The normalized spacial score (nSPS) is 12.1. The van der Waals surface area contributed by atoms with Crippen LogP contribution in [0.15, 0.2) is 77.7 Å². The van der Waals surface area contributed by atoms with Gasteiger partial charge in [-0.25, -0.2) is 8.42 Å². The molecule has 0 atom stereocenters. The van der Waals surface area contributed by atoms with Crippen LogP contribution >= 0.6 is 11.6 Å². The highest BCUT2D eigenvalue weighted by molar-refractivity contribution is 7.89. The molecule has 0 radical (unpaired) electrons. The lowest BCUT2D eigenvalue weighted by Gasteiger charge is -2.22. The molecule has 0 aromatic heterocycles. The molecule has 0 spiro atoms.